The maximum Gasteiger partial charge on any atom is 0.407 e. The molecule has 1 amide bonds. The summed E-state index contributed by atoms with van der Waals surface area (Å²) in [6.07, 6.45) is 5.05. The molecular weight excluding hydrogens is 228 g/mol. The molecule has 0 unspecified atom stereocenters. The Morgan fingerprint density at radius 1 is 1.50 bits per heavy atom. The minimum absolute atomic E-state index is 0.413. The number of carbonyl (C=O) groups is 1. The van der Waals surface area contributed by atoms with Gasteiger partial charge in [-0.3, -0.25) is 4.98 Å². The van der Waals surface area contributed by atoms with Gasteiger partial charge >= 0.3 is 6.09 Å². The van der Waals surface area contributed by atoms with Crippen molar-refractivity contribution in [2.45, 2.75) is 33.3 Å². The molecular formula is C14H20N2O2. The third kappa shape index (κ3) is 6.03. The molecule has 0 radical (unpaired) electrons. The highest BCUT2D eigenvalue weighted by atomic mass is 16.6. The standard InChI is InChI=1S/C14H20N2O2/c1-11-7-9-15-12(10-11)6-5-8-16-13(17)18-14(2,3)4/h5-7,9-10H,8H2,1-4H3,(H,16,17). The number of nitrogens with one attached hydrogen (secondary N) is 1. The summed E-state index contributed by atoms with van der Waals surface area (Å²) in [5.41, 5.74) is 1.57. The van der Waals surface area contributed by atoms with E-state index < -0.39 is 11.7 Å². The van der Waals surface area contributed by atoms with Crippen molar-refractivity contribution in [3.8, 4) is 0 Å². The van der Waals surface area contributed by atoms with Crippen LogP contribution in [0.5, 0.6) is 0 Å². The van der Waals surface area contributed by atoms with Crippen molar-refractivity contribution in [3.63, 3.8) is 0 Å². The van der Waals surface area contributed by atoms with Crippen LogP contribution < -0.4 is 5.32 Å². The Balaban J connectivity index is 2.36. The van der Waals surface area contributed by atoms with E-state index in [0.29, 0.717) is 6.54 Å². The molecule has 1 N–H and O–H groups in total. The van der Waals surface area contributed by atoms with Crippen molar-refractivity contribution >= 4 is 12.2 Å². The predicted molar refractivity (Wildman–Crippen MR) is 72.2 cm³/mol. The Kier molecular flexibility index (Phi) is 4.89. The zero-order valence-corrected chi connectivity index (χ0v) is 11.4. The molecule has 0 fully saturated rings. The SMILES string of the molecule is Cc1ccnc(C=CCNC(=O)OC(C)(C)C)c1. The minimum atomic E-state index is -0.466. The first-order valence-corrected chi connectivity index (χ1v) is 5.93. The van der Waals surface area contributed by atoms with E-state index in [4.69, 9.17) is 4.74 Å². The van der Waals surface area contributed by atoms with E-state index in [1.807, 2.05) is 52.0 Å². The zero-order valence-electron chi connectivity index (χ0n) is 11.4. The Labute approximate surface area is 108 Å². The first kappa shape index (κ1) is 14.2. The summed E-state index contributed by atoms with van der Waals surface area (Å²) in [6, 6.07) is 3.92. The molecule has 0 atom stereocenters. The molecule has 0 aromatic carbocycles. The van der Waals surface area contributed by atoms with Crippen LogP contribution in [0.15, 0.2) is 24.4 Å². The fraction of sp³-hybridized carbons (Fsp3) is 0.429. The van der Waals surface area contributed by atoms with E-state index in [1.54, 1.807) is 6.20 Å². The summed E-state index contributed by atoms with van der Waals surface area (Å²) in [6.45, 7) is 7.93. The maximum absolute atomic E-state index is 11.3. The largest absolute Gasteiger partial charge is 0.444 e. The second-order valence-corrected chi connectivity index (χ2v) is 5.04. The van der Waals surface area contributed by atoms with Crippen molar-refractivity contribution in [2.24, 2.45) is 0 Å². The van der Waals surface area contributed by atoms with Crippen molar-refractivity contribution in [1.82, 2.24) is 10.3 Å². The molecule has 0 saturated carbocycles. The number of rotatable bonds is 3. The van der Waals surface area contributed by atoms with E-state index in [2.05, 4.69) is 10.3 Å². The molecule has 1 aromatic rings. The second kappa shape index (κ2) is 6.19. The van der Waals surface area contributed by atoms with E-state index in [-0.39, 0.29) is 0 Å². The van der Waals surface area contributed by atoms with Gasteiger partial charge < -0.3 is 10.1 Å². The highest BCUT2D eigenvalue weighted by Gasteiger charge is 2.14. The van der Waals surface area contributed by atoms with Gasteiger partial charge in [-0.1, -0.05) is 6.08 Å². The molecule has 98 valence electrons. The Morgan fingerprint density at radius 2 is 2.22 bits per heavy atom. The van der Waals surface area contributed by atoms with E-state index >= 15 is 0 Å². The third-order valence-electron chi connectivity index (χ3n) is 1.99. The first-order chi connectivity index (χ1) is 8.37. The van der Waals surface area contributed by atoms with Crippen LogP contribution in [-0.4, -0.2) is 23.2 Å². The normalized spacial score (nSPS) is 11.6. The van der Waals surface area contributed by atoms with Crippen molar-refractivity contribution in [1.29, 1.82) is 0 Å². The van der Waals surface area contributed by atoms with Crippen LogP contribution in [0.25, 0.3) is 6.08 Å². The van der Waals surface area contributed by atoms with Gasteiger partial charge in [0.2, 0.25) is 0 Å². The predicted octanol–water partition coefficient (Wildman–Crippen LogP) is 2.93. The lowest BCUT2D eigenvalue weighted by molar-refractivity contribution is 0.0534. The summed E-state index contributed by atoms with van der Waals surface area (Å²) >= 11 is 0. The summed E-state index contributed by atoms with van der Waals surface area (Å²) < 4.78 is 5.11. The van der Waals surface area contributed by atoms with Crippen LogP contribution in [0, 0.1) is 6.92 Å². The number of pyridine rings is 1. The van der Waals surface area contributed by atoms with Gasteiger partial charge in [-0.2, -0.15) is 0 Å². The fourth-order valence-electron chi connectivity index (χ4n) is 1.29. The van der Waals surface area contributed by atoms with Crippen molar-refractivity contribution < 1.29 is 9.53 Å². The number of nitrogens with zero attached hydrogens (tertiary/aromatic N) is 1. The molecule has 0 spiro atoms. The molecule has 0 aliphatic carbocycles. The number of ether oxygens (including phenoxy) is 1. The molecule has 0 bridgehead atoms. The number of hydrogen-bond donors (Lipinski definition) is 1. The zero-order chi connectivity index (χ0) is 13.6. The number of aromatic nitrogens is 1. The monoisotopic (exact) mass is 248 g/mol. The molecule has 0 aliphatic heterocycles. The molecule has 1 rings (SSSR count). The molecule has 1 aromatic heterocycles. The van der Waals surface area contributed by atoms with Crippen LogP contribution in [0.4, 0.5) is 4.79 Å². The Morgan fingerprint density at radius 3 is 2.83 bits per heavy atom. The van der Waals surface area contributed by atoms with Crippen LogP contribution in [-0.2, 0) is 4.74 Å². The quantitative estimate of drug-likeness (QED) is 0.894. The van der Waals surface area contributed by atoms with E-state index in [1.165, 1.54) is 0 Å². The second-order valence-electron chi connectivity index (χ2n) is 5.04. The topological polar surface area (TPSA) is 51.2 Å². The number of alkyl carbamates (subject to hydrolysis) is 1. The van der Waals surface area contributed by atoms with Gasteiger partial charge in [0.25, 0.3) is 0 Å². The summed E-state index contributed by atoms with van der Waals surface area (Å²) in [5, 5.41) is 2.65. The van der Waals surface area contributed by atoms with Gasteiger partial charge in [0.05, 0.1) is 5.69 Å². The highest BCUT2D eigenvalue weighted by Crippen LogP contribution is 2.06. The average molecular weight is 248 g/mol. The lowest BCUT2D eigenvalue weighted by Crippen LogP contribution is -2.32. The molecule has 4 nitrogen and oxygen atoms in total. The summed E-state index contributed by atoms with van der Waals surface area (Å²) in [4.78, 5) is 15.5. The Bertz CT molecular complexity index is 434. The molecule has 0 saturated heterocycles. The van der Waals surface area contributed by atoms with E-state index in [0.717, 1.165) is 11.3 Å². The minimum Gasteiger partial charge on any atom is -0.444 e. The first-order valence-electron chi connectivity index (χ1n) is 5.93. The lowest BCUT2D eigenvalue weighted by Gasteiger charge is -2.19. The van der Waals surface area contributed by atoms with Gasteiger partial charge in [0.15, 0.2) is 0 Å². The molecule has 0 aliphatic rings. The number of carbonyl (C=O) groups excluding carboxylic acids is 1. The fourth-order valence-corrected chi connectivity index (χ4v) is 1.29. The smallest absolute Gasteiger partial charge is 0.407 e. The van der Waals surface area contributed by atoms with Gasteiger partial charge in [-0.05, 0) is 51.5 Å². The van der Waals surface area contributed by atoms with Gasteiger partial charge in [0, 0.05) is 12.7 Å². The van der Waals surface area contributed by atoms with Crippen LogP contribution in [0.2, 0.25) is 0 Å². The van der Waals surface area contributed by atoms with E-state index in [9.17, 15) is 4.79 Å². The van der Waals surface area contributed by atoms with Gasteiger partial charge in [0.1, 0.15) is 5.60 Å². The average Bonchev–Trinajstić information content (AvgIpc) is 2.22. The van der Waals surface area contributed by atoms with Gasteiger partial charge in [-0.15, -0.1) is 0 Å². The number of hydrogen-bond acceptors (Lipinski definition) is 3. The molecule has 4 heteroatoms. The maximum atomic E-state index is 11.3. The van der Waals surface area contributed by atoms with Gasteiger partial charge in [-0.25, -0.2) is 4.79 Å². The van der Waals surface area contributed by atoms with Crippen LogP contribution in [0.1, 0.15) is 32.0 Å². The molecule has 1 heterocycles. The molecule has 18 heavy (non-hydrogen) atoms. The Hall–Kier alpha value is -1.84. The van der Waals surface area contributed by atoms with Crippen molar-refractivity contribution in [2.75, 3.05) is 6.54 Å². The van der Waals surface area contributed by atoms with Crippen LogP contribution >= 0.6 is 0 Å². The summed E-state index contributed by atoms with van der Waals surface area (Å²) in [7, 11) is 0. The van der Waals surface area contributed by atoms with Crippen LogP contribution in [0.3, 0.4) is 0 Å². The summed E-state index contributed by atoms with van der Waals surface area (Å²) in [5.74, 6) is 0. The number of aryl methyl sites for hydroxylation is 1. The van der Waals surface area contributed by atoms with Crippen molar-refractivity contribution in [3.05, 3.63) is 35.7 Å². The number of amides is 1. The lowest BCUT2D eigenvalue weighted by atomic mass is 10.2. The highest BCUT2D eigenvalue weighted by molar-refractivity contribution is 5.68. The third-order valence-corrected chi connectivity index (χ3v) is 1.99.